The first-order chi connectivity index (χ1) is 18.8. The third-order valence-electron chi connectivity index (χ3n) is 7.72. The Bertz CT molecular complexity index is 1650. The van der Waals surface area contributed by atoms with Gasteiger partial charge in [-0.3, -0.25) is 9.58 Å². The van der Waals surface area contributed by atoms with E-state index in [-0.39, 0.29) is 36.9 Å². The van der Waals surface area contributed by atoms with Gasteiger partial charge in [-0.25, -0.2) is 17.5 Å². The molecule has 0 saturated carbocycles. The van der Waals surface area contributed by atoms with Crippen LogP contribution in [0.15, 0.2) is 53.7 Å². The first kappa shape index (κ1) is 28.2. The van der Waals surface area contributed by atoms with Gasteiger partial charge in [-0.1, -0.05) is 6.92 Å². The van der Waals surface area contributed by atoms with Crippen LogP contribution >= 0.6 is 0 Å². The van der Waals surface area contributed by atoms with E-state index in [0.717, 1.165) is 29.0 Å². The van der Waals surface area contributed by atoms with E-state index in [0.29, 0.717) is 11.4 Å². The van der Waals surface area contributed by atoms with E-state index in [4.69, 9.17) is 0 Å². The maximum Gasteiger partial charge on any atom is 0.392 e. The van der Waals surface area contributed by atoms with Crippen LogP contribution in [-0.2, 0) is 17.1 Å². The Morgan fingerprint density at radius 3 is 2.38 bits per heavy atom. The number of hydrogen-bond acceptors (Lipinski definition) is 5. The summed E-state index contributed by atoms with van der Waals surface area (Å²) in [4.78, 5) is 1.80. The predicted octanol–water partition coefficient (Wildman–Crippen LogP) is 4.76. The summed E-state index contributed by atoms with van der Waals surface area (Å²) < 4.78 is 85.8. The molecule has 2 aromatic carbocycles. The van der Waals surface area contributed by atoms with Gasteiger partial charge >= 0.3 is 6.18 Å². The highest BCUT2D eigenvalue weighted by Crippen LogP contribution is 2.36. The zero-order valence-electron chi connectivity index (χ0n) is 22.5. The Morgan fingerprint density at radius 1 is 1.05 bits per heavy atom. The van der Waals surface area contributed by atoms with E-state index >= 15 is 0 Å². The normalized spacial score (nSPS) is 18.4. The van der Waals surface area contributed by atoms with E-state index < -0.39 is 28.2 Å². The summed E-state index contributed by atoms with van der Waals surface area (Å²) in [6.45, 7) is 4.57. The van der Waals surface area contributed by atoms with E-state index in [9.17, 15) is 26.0 Å². The molecule has 0 bridgehead atoms. The summed E-state index contributed by atoms with van der Waals surface area (Å²) in [5, 5.41) is 9.24. The average molecular weight is 579 g/mol. The molecule has 40 heavy (non-hydrogen) atoms. The molecule has 8 nitrogen and oxygen atoms in total. The Hall–Kier alpha value is -3.29. The molecule has 13 heteroatoms. The van der Waals surface area contributed by atoms with Crippen molar-refractivity contribution >= 4 is 20.9 Å². The molecule has 3 heterocycles. The highest BCUT2D eigenvalue weighted by Gasteiger charge is 2.42. The van der Waals surface area contributed by atoms with Gasteiger partial charge in [0.1, 0.15) is 10.7 Å². The molecule has 1 fully saturated rings. The second-order valence-corrected chi connectivity index (χ2v) is 12.2. The van der Waals surface area contributed by atoms with Gasteiger partial charge in [0.05, 0.1) is 35.2 Å². The maximum absolute atomic E-state index is 13.6. The molecule has 5 rings (SSSR count). The molecule has 0 N–H and O–H groups in total. The molecule has 0 aliphatic carbocycles. The number of nitrogens with zero attached hydrogens (tertiary/aromatic N) is 6. The summed E-state index contributed by atoms with van der Waals surface area (Å²) >= 11 is 0. The van der Waals surface area contributed by atoms with Crippen molar-refractivity contribution in [3.63, 3.8) is 0 Å². The number of hydrogen-bond donors (Lipinski definition) is 0. The van der Waals surface area contributed by atoms with Crippen molar-refractivity contribution in [2.45, 2.75) is 37.9 Å². The van der Waals surface area contributed by atoms with Crippen LogP contribution in [0.3, 0.4) is 0 Å². The Balaban J connectivity index is 1.55. The molecule has 2 unspecified atom stereocenters. The molecule has 0 amide bonds. The lowest BCUT2D eigenvalue weighted by Gasteiger charge is -2.42. The van der Waals surface area contributed by atoms with Crippen LogP contribution in [0, 0.1) is 25.6 Å². The second-order valence-electron chi connectivity index (χ2n) is 10.3. The van der Waals surface area contributed by atoms with Gasteiger partial charge < -0.3 is 0 Å². The van der Waals surface area contributed by atoms with Crippen molar-refractivity contribution in [1.29, 1.82) is 0 Å². The monoisotopic (exact) mass is 578 g/mol. The number of alkyl halides is 3. The first-order valence-electron chi connectivity index (χ1n) is 12.8. The molecule has 214 valence electrons. The van der Waals surface area contributed by atoms with Crippen LogP contribution in [0.2, 0.25) is 0 Å². The van der Waals surface area contributed by atoms with Crippen LogP contribution in [0.4, 0.5) is 17.6 Å². The predicted molar refractivity (Wildman–Crippen MR) is 142 cm³/mol. The largest absolute Gasteiger partial charge is 0.392 e. The van der Waals surface area contributed by atoms with Gasteiger partial charge in [0.25, 0.3) is 0 Å². The lowest BCUT2D eigenvalue weighted by molar-refractivity contribution is -0.176. The van der Waals surface area contributed by atoms with Gasteiger partial charge in [-0.2, -0.15) is 27.7 Å². The topological polar surface area (TPSA) is 76.3 Å². The minimum atomic E-state index is -4.38. The second kappa shape index (κ2) is 10.3. The lowest BCUT2D eigenvalue weighted by Crippen LogP contribution is -2.52. The van der Waals surface area contributed by atoms with Gasteiger partial charge in [-0.05, 0) is 61.4 Å². The molecule has 0 radical (unpaired) electrons. The Morgan fingerprint density at radius 2 is 1.75 bits per heavy atom. The number of rotatable bonds is 6. The van der Waals surface area contributed by atoms with Crippen LogP contribution in [0.1, 0.15) is 29.8 Å². The number of aryl methyl sites for hydroxylation is 2. The van der Waals surface area contributed by atoms with Gasteiger partial charge in [0.2, 0.25) is 10.0 Å². The van der Waals surface area contributed by atoms with Crippen molar-refractivity contribution < 1.29 is 26.0 Å². The summed E-state index contributed by atoms with van der Waals surface area (Å²) in [5.41, 5.74) is 3.39. The Kier molecular flexibility index (Phi) is 7.26. The molecule has 2 atom stereocenters. The fourth-order valence-corrected chi connectivity index (χ4v) is 6.82. The van der Waals surface area contributed by atoms with E-state index in [1.165, 1.54) is 27.3 Å². The van der Waals surface area contributed by atoms with Crippen molar-refractivity contribution in [2.24, 2.45) is 13.0 Å². The van der Waals surface area contributed by atoms with E-state index in [1.54, 1.807) is 41.9 Å². The van der Waals surface area contributed by atoms with Crippen molar-refractivity contribution in [3.05, 3.63) is 71.4 Å². The number of aromatic nitrogens is 4. The zero-order valence-corrected chi connectivity index (χ0v) is 23.3. The van der Waals surface area contributed by atoms with Crippen molar-refractivity contribution in [3.8, 4) is 5.69 Å². The van der Waals surface area contributed by atoms with Gasteiger partial charge in [0, 0.05) is 44.7 Å². The van der Waals surface area contributed by atoms with Crippen molar-refractivity contribution in [1.82, 2.24) is 28.8 Å². The minimum absolute atomic E-state index is 0.0142. The minimum Gasteiger partial charge on any atom is -0.293 e. The van der Waals surface area contributed by atoms with Crippen LogP contribution in [0.5, 0.6) is 0 Å². The number of benzene rings is 2. The molecule has 4 aromatic rings. The molecule has 1 aliphatic heterocycles. The maximum atomic E-state index is 13.6. The standard InChI is InChI=1S/C27H30F4N6O2S/c1-17-11-24-20(13-33-37(24)22-7-5-21(28)6-8-22)12-23(17)25-16-36(10-9-35(25)15-18(2)27(29,30)31)40(38,39)26-14-32-34(4)19(26)3/h5-8,11-14,18,25H,9-10,15-16H2,1-4H3. The third-order valence-corrected chi connectivity index (χ3v) is 9.68. The number of halogens is 4. The smallest absolute Gasteiger partial charge is 0.293 e. The third kappa shape index (κ3) is 5.13. The quantitative estimate of drug-likeness (QED) is 0.309. The number of sulfonamides is 1. The average Bonchev–Trinajstić information content (AvgIpc) is 3.46. The highest BCUT2D eigenvalue weighted by atomic mass is 32.2. The molecule has 1 aliphatic rings. The number of fused-ring (bicyclic) bond motifs is 1. The molecular formula is C27H30F4N6O2S. The highest BCUT2D eigenvalue weighted by molar-refractivity contribution is 7.89. The lowest BCUT2D eigenvalue weighted by atomic mass is 9.95. The summed E-state index contributed by atoms with van der Waals surface area (Å²) in [5.74, 6) is -1.96. The summed E-state index contributed by atoms with van der Waals surface area (Å²) in [6, 6.07) is 9.01. The van der Waals surface area contributed by atoms with Gasteiger partial charge in [0.15, 0.2) is 0 Å². The zero-order chi connectivity index (χ0) is 29.0. The Labute approximate surface area is 229 Å². The van der Waals surface area contributed by atoms with Crippen molar-refractivity contribution in [2.75, 3.05) is 26.2 Å². The number of piperazine rings is 1. The van der Waals surface area contributed by atoms with Gasteiger partial charge in [-0.15, -0.1) is 0 Å². The van der Waals surface area contributed by atoms with E-state index in [2.05, 4.69) is 10.2 Å². The summed E-state index contributed by atoms with van der Waals surface area (Å²) in [7, 11) is -2.28. The van der Waals surface area contributed by atoms with Crippen LogP contribution < -0.4 is 0 Å². The molecule has 2 aromatic heterocycles. The summed E-state index contributed by atoms with van der Waals surface area (Å²) in [6.07, 6.45) is -1.44. The molecule has 0 spiro atoms. The fraction of sp³-hybridized carbons (Fsp3) is 0.407. The van der Waals surface area contributed by atoms with E-state index in [1.807, 2.05) is 19.1 Å². The SMILES string of the molecule is Cc1cc2c(cnn2-c2ccc(F)cc2)cc1C1CN(S(=O)(=O)c2cnn(C)c2C)CCN1CC(C)C(F)(F)F. The fourth-order valence-electron chi connectivity index (χ4n) is 5.20. The molecule has 1 saturated heterocycles. The van der Waals surface area contributed by atoms with Crippen LogP contribution in [-0.4, -0.2) is 69.5 Å². The molecular weight excluding hydrogens is 548 g/mol. The van der Waals surface area contributed by atoms with Crippen LogP contribution in [0.25, 0.3) is 16.6 Å². The first-order valence-corrected chi connectivity index (χ1v) is 14.2.